The van der Waals surface area contributed by atoms with Crippen molar-refractivity contribution in [1.29, 1.82) is 0 Å². The largest absolute Gasteiger partial charge is 0.388 e. The van der Waals surface area contributed by atoms with Gasteiger partial charge in [-0.3, -0.25) is 9.59 Å². The van der Waals surface area contributed by atoms with Gasteiger partial charge in [0.15, 0.2) is 0 Å². The van der Waals surface area contributed by atoms with Crippen LogP contribution < -0.4 is 5.73 Å². The van der Waals surface area contributed by atoms with Gasteiger partial charge < -0.3 is 20.8 Å². The number of hydrogen-bond acceptors (Lipinski definition) is 4. The molecule has 2 aromatic carbocycles. The van der Waals surface area contributed by atoms with E-state index in [9.17, 15) is 19.8 Å². The van der Waals surface area contributed by atoms with Gasteiger partial charge in [0.05, 0.1) is 23.3 Å². The predicted molar refractivity (Wildman–Crippen MR) is 119 cm³/mol. The van der Waals surface area contributed by atoms with E-state index in [1.54, 1.807) is 27.7 Å². The summed E-state index contributed by atoms with van der Waals surface area (Å²) in [6.45, 7) is 6.50. The van der Waals surface area contributed by atoms with Crippen molar-refractivity contribution in [3.63, 3.8) is 0 Å². The van der Waals surface area contributed by atoms with E-state index in [2.05, 4.69) is 0 Å². The Morgan fingerprint density at radius 3 is 1.45 bits per heavy atom. The lowest BCUT2D eigenvalue weighted by Crippen LogP contribution is -2.56. The van der Waals surface area contributed by atoms with Crippen LogP contribution in [0.2, 0.25) is 0 Å². The number of aliphatic hydroxyl groups is 2. The van der Waals surface area contributed by atoms with Gasteiger partial charge >= 0.3 is 0 Å². The summed E-state index contributed by atoms with van der Waals surface area (Å²) >= 11 is 0. The molecule has 1 saturated carbocycles. The lowest BCUT2D eigenvalue weighted by atomic mass is 9.82. The van der Waals surface area contributed by atoms with E-state index in [0.29, 0.717) is 24.0 Å². The summed E-state index contributed by atoms with van der Waals surface area (Å²) in [5, 5.41) is 22.5. The Bertz CT molecular complexity index is 868. The van der Waals surface area contributed by atoms with Crippen LogP contribution in [-0.4, -0.2) is 38.1 Å². The number of benzene rings is 2. The second kappa shape index (κ2) is 8.09. The van der Waals surface area contributed by atoms with E-state index in [-0.39, 0.29) is 0 Å². The fourth-order valence-corrected chi connectivity index (χ4v) is 4.41. The molecule has 4 N–H and O–H groups in total. The number of nitrogens with zero attached hydrogens (tertiary/aromatic N) is 1. The molecule has 1 aliphatic carbocycles. The fraction of sp³-hybridized carbons (Fsp3) is 0.440. The number of primary amides is 1. The Morgan fingerprint density at radius 1 is 0.839 bits per heavy atom. The summed E-state index contributed by atoms with van der Waals surface area (Å²) < 4.78 is 0. The first-order valence-electron chi connectivity index (χ1n) is 10.6. The topological polar surface area (TPSA) is 104 Å². The summed E-state index contributed by atoms with van der Waals surface area (Å²) in [6, 6.07) is 16.7. The molecule has 2 amide bonds. The molecule has 2 aromatic rings. The lowest BCUT2D eigenvalue weighted by molar-refractivity contribution is -0.162. The molecular weight excluding hydrogens is 392 g/mol. The Morgan fingerprint density at radius 2 is 1.19 bits per heavy atom. The van der Waals surface area contributed by atoms with Gasteiger partial charge in [-0.25, -0.2) is 0 Å². The predicted octanol–water partition coefficient (Wildman–Crippen LogP) is 3.10. The SMILES string of the molecule is CC(C)(O)[C@@H](c1ccccc1)N(C(=O)C1(C(N)=O)CC1)[C@H](c1ccccc1)C(C)(C)O. The Kier molecular flexibility index (Phi) is 6.00. The lowest BCUT2D eigenvalue weighted by Gasteiger charge is -2.48. The molecule has 1 aliphatic rings. The number of rotatable bonds is 8. The molecule has 166 valence electrons. The third-order valence-corrected chi connectivity index (χ3v) is 5.99. The van der Waals surface area contributed by atoms with Gasteiger partial charge in [0.2, 0.25) is 11.8 Å². The Labute approximate surface area is 183 Å². The van der Waals surface area contributed by atoms with E-state index in [0.717, 1.165) is 0 Å². The number of carbonyl (C=O) groups is 2. The molecule has 0 heterocycles. The van der Waals surface area contributed by atoms with Gasteiger partial charge in [-0.15, -0.1) is 0 Å². The first kappa shape index (κ1) is 23.0. The zero-order valence-corrected chi connectivity index (χ0v) is 18.6. The molecule has 0 bridgehead atoms. The fourth-order valence-electron chi connectivity index (χ4n) is 4.41. The third kappa shape index (κ3) is 4.50. The van der Waals surface area contributed by atoms with E-state index < -0.39 is 40.5 Å². The normalized spacial score (nSPS) is 17.5. The number of hydrogen-bond donors (Lipinski definition) is 3. The first-order valence-corrected chi connectivity index (χ1v) is 10.6. The van der Waals surface area contributed by atoms with E-state index in [1.807, 2.05) is 60.7 Å². The van der Waals surface area contributed by atoms with Crippen molar-refractivity contribution in [2.24, 2.45) is 11.1 Å². The molecule has 0 aromatic heterocycles. The van der Waals surface area contributed by atoms with Crippen molar-refractivity contribution in [2.45, 2.75) is 63.8 Å². The third-order valence-electron chi connectivity index (χ3n) is 5.99. The molecule has 6 heteroatoms. The molecular formula is C25H32N2O4. The van der Waals surface area contributed by atoms with Gasteiger partial charge in [-0.2, -0.15) is 0 Å². The molecule has 2 atom stereocenters. The smallest absolute Gasteiger partial charge is 0.239 e. The van der Waals surface area contributed by atoms with Crippen LogP contribution in [-0.2, 0) is 9.59 Å². The van der Waals surface area contributed by atoms with Crippen LogP contribution in [0.25, 0.3) is 0 Å². The van der Waals surface area contributed by atoms with Crippen LogP contribution in [0.5, 0.6) is 0 Å². The number of nitrogens with two attached hydrogens (primary N) is 1. The van der Waals surface area contributed by atoms with Crippen molar-refractivity contribution in [3.8, 4) is 0 Å². The van der Waals surface area contributed by atoms with Gasteiger partial charge in [-0.05, 0) is 51.7 Å². The molecule has 0 spiro atoms. The zero-order valence-electron chi connectivity index (χ0n) is 18.6. The molecule has 31 heavy (non-hydrogen) atoms. The zero-order chi connectivity index (χ0) is 23.0. The minimum absolute atomic E-state index is 0.360. The van der Waals surface area contributed by atoms with Crippen molar-refractivity contribution < 1.29 is 19.8 Å². The van der Waals surface area contributed by atoms with E-state index in [4.69, 9.17) is 5.73 Å². The average Bonchev–Trinajstić information content (AvgIpc) is 3.49. The summed E-state index contributed by atoms with van der Waals surface area (Å²) in [5.74, 6) is -1.14. The maximum atomic E-state index is 14.0. The number of amides is 2. The summed E-state index contributed by atoms with van der Waals surface area (Å²) in [5.41, 5.74) is 3.01. The maximum Gasteiger partial charge on any atom is 0.239 e. The molecule has 3 rings (SSSR count). The highest BCUT2D eigenvalue weighted by Crippen LogP contribution is 2.52. The van der Waals surface area contributed by atoms with Crippen molar-refractivity contribution in [3.05, 3.63) is 71.8 Å². The van der Waals surface area contributed by atoms with Crippen molar-refractivity contribution in [2.75, 3.05) is 0 Å². The number of carbonyl (C=O) groups excluding carboxylic acids is 2. The quantitative estimate of drug-likeness (QED) is 0.567. The maximum absolute atomic E-state index is 14.0. The van der Waals surface area contributed by atoms with Crippen LogP contribution in [0.1, 0.15) is 63.7 Å². The van der Waals surface area contributed by atoms with Gasteiger partial charge in [0.25, 0.3) is 0 Å². The Hall–Kier alpha value is -2.70. The molecule has 0 radical (unpaired) electrons. The first-order chi connectivity index (χ1) is 14.4. The summed E-state index contributed by atoms with van der Waals surface area (Å²) in [6.07, 6.45) is 0.719. The van der Waals surface area contributed by atoms with Crippen LogP contribution in [0, 0.1) is 5.41 Å². The standard InChI is InChI=1S/C25H32N2O4/c1-23(2,30)19(17-11-7-5-8-12-17)27(22(29)25(15-16-25)21(26)28)20(24(3,4)31)18-13-9-6-10-14-18/h5-14,19-20,30-31H,15-16H2,1-4H3,(H2,26,28)/t19-,20-/m1/s1. The monoisotopic (exact) mass is 424 g/mol. The van der Waals surface area contributed by atoms with Crippen LogP contribution in [0.3, 0.4) is 0 Å². The van der Waals surface area contributed by atoms with Crippen LogP contribution >= 0.6 is 0 Å². The second-order valence-electron chi connectivity index (χ2n) is 9.59. The minimum atomic E-state index is -1.37. The molecule has 0 aliphatic heterocycles. The Balaban J connectivity index is 2.28. The van der Waals surface area contributed by atoms with Crippen molar-refractivity contribution >= 4 is 11.8 Å². The highest BCUT2D eigenvalue weighted by atomic mass is 16.3. The van der Waals surface area contributed by atoms with E-state index in [1.165, 1.54) is 4.90 Å². The molecule has 6 nitrogen and oxygen atoms in total. The van der Waals surface area contributed by atoms with Gasteiger partial charge in [0, 0.05) is 0 Å². The highest BCUT2D eigenvalue weighted by Gasteiger charge is 2.60. The summed E-state index contributed by atoms with van der Waals surface area (Å²) in [7, 11) is 0. The van der Waals surface area contributed by atoms with Gasteiger partial charge in [-0.1, -0.05) is 60.7 Å². The summed E-state index contributed by atoms with van der Waals surface area (Å²) in [4.78, 5) is 27.8. The minimum Gasteiger partial charge on any atom is -0.388 e. The molecule has 1 fully saturated rings. The highest BCUT2D eigenvalue weighted by molar-refractivity contribution is 6.07. The van der Waals surface area contributed by atoms with Crippen LogP contribution in [0.15, 0.2) is 60.7 Å². The molecule has 0 unspecified atom stereocenters. The van der Waals surface area contributed by atoms with Gasteiger partial charge in [0.1, 0.15) is 5.41 Å². The average molecular weight is 425 g/mol. The van der Waals surface area contributed by atoms with Crippen LogP contribution in [0.4, 0.5) is 0 Å². The van der Waals surface area contributed by atoms with E-state index >= 15 is 0 Å². The second-order valence-corrected chi connectivity index (χ2v) is 9.59. The molecule has 0 saturated heterocycles. The van der Waals surface area contributed by atoms with Crippen molar-refractivity contribution in [1.82, 2.24) is 4.90 Å².